The first-order valence-electron chi connectivity index (χ1n) is 10.1. The maximum absolute atomic E-state index is 13.0. The molecule has 2 aliphatic heterocycles. The summed E-state index contributed by atoms with van der Waals surface area (Å²) < 4.78 is 6.01. The molecular weight excluding hydrogens is 425 g/mol. The molecule has 4 rings (SSSR count). The molecule has 0 spiro atoms. The van der Waals surface area contributed by atoms with Crippen molar-refractivity contribution in [2.45, 2.75) is 25.4 Å². The van der Waals surface area contributed by atoms with Gasteiger partial charge in [0, 0.05) is 13.1 Å². The van der Waals surface area contributed by atoms with Crippen molar-refractivity contribution < 1.29 is 14.3 Å². The SMILES string of the molecule is O=C(CN1C[C@H](C(=O)N2CCCCC2)Oc2ccccc21)Nc1cccc(Cl)c1Cl. The molecule has 0 saturated carbocycles. The number of rotatable bonds is 4. The topological polar surface area (TPSA) is 61.9 Å². The molecule has 6 nitrogen and oxygen atoms in total. The van der Waals surface area contributed by atoms with E-state index in [2.05, 4.69) is 5.32 Å². The number of amides is 2. The van der Waals surface area contributed by atoms with Crippen LogP contribution in [0.3, 0.4) is 0 Å². The van der Waals surface area contributed by atoms with E-state index in [0.29, 0.717) is 28.0 Å². The number of carbonyl (C=O) groups excluding carboxylic acids is 2. The maximum atomic E-state index is 13.0. The van der Waals surface area contributed by atoms with E-state index in [1.165, 1.54) is 0 Å². The molecule has 2 aromatic rings. The van der Waals surface area contributed by atoms with Gasteiger partial charge in [0.05, 0.1) is 34.5 Å². The number of piperidine rings is 1. The first-order valence-corrected chi connectivity index (χ1v) is 10.8. The number of fused-ring (bicyclic) bond motifs is 1. The van der Waals surface area contributed by atoms with Gasteiger partial charge in [-0.05, 0) is 43.5 Å². The average molecular weight is 448 g/mol. The van der Waals surface area contributed by atoms with Gasteiger partial charge in [0.25, 0.3) is 5.91 Å². The fraction of sp³-hybridized carbons (Fsp3) is 0.364. The number of para-hydroxylation sites is 2. The lowest BCUT2D eigenvalue weighted by Gasteiger charge is -2.38. The van der Waals surface area contributed by atoms with Crippen LogP contribution in [0.2, 0.25) is 10.0 Å². The number of benzene rings is 2. The number of carbonyl (C=O) groups is 2. The zero-order valence-electron chi connectivity index (χ0n) is 16.4. The maximum Gasteiger partial charge on any atom is 0.265 e. The van der Waals surface area contributed by atoms with Crippen LogP contribution in [-0.4, -0.2) is 49.0 Å². The molecule has 2 heterocycles. The highest BCUT2D eigenvalue weighted by atomic mass is 35.5. The minimum atomic E-state index is -0.638. The number of nitrogens with zero attached hydrogens (tertiary/aromatic N) is 2. The molecule has 0 radical (unpaired) electrons. The van der Waals surface area contributed by atoms with Crippen molar-refractivity contribution in [1.29, 1.82) is 0 Å². The molecule has 2 aromatic carbocycles. The van der Waals surface area contributed by atoms with Crippen molar-refractivity contribution in [2.75, 3.05) is 36.4 Å². The standard InChI is InChI=1S/C22H23Cl2N3O3/c23-15-7-6-8-16(21(15)24)25-20(28)14-27-13-19(22(29)26-11-4-1-5-12-26)30-18-10-3-2-9-17(18)27/h2-3,6-10,19H,1,4-5,11-14H2,(H,25,28)/t19-/m1/s1. The molecule has 1 saturated heterocycles. The second-order valence-electron chi connectivity index (χ2n) is 7.49. The van der Waals surface area contributed by atoms with Crippen molar-refractivity contribution in [3.05, 3.63) is 52.5 Å². The Balaban J connectivity index is 1.50. The van der Waals surface area contributed by atoms with Gasteiger partial charge in [0.15, 0.2) is 6.10 Å². The molecule has 2 amide bonds. The first-order chi connectivity index (χ1) is 14.5. The number of halogens is 2. The number of ether oxygens (including phenoxy) is 1. The fourth-order valence-corrected chi connectivity index (χ4v) is 4.21. The zero-order chi connectivity index (χ0) is 21.1. The summed E-state index contributed by atoms with van der Waals surface area (Å²) in [6, 6.07) is 12.5. The second kappa shape index (κ2) is 9.14. The summed E-state index contributed by atoms with van der Waals surface area (Å²) in [6.45, 7) is 1.89. The highest BCUT2D eigenvalue weighted by molar-refractivity contribution is 6.44. The van der Waals surface area contributed by atoms with E-state index in [4.69, 9.17) is 27.9 Å². The van der Waals surface area contributed by atoms with E-state index in [0.717, 1.165) is 38.0 Å². The van der Waals surface area contributed by atoms with Gasteiger partial charge < -0.3 is 19.9 Å². The summed E-state index contributed by atoms with van der Waals surface area (Å²) in [5.74, 6) is 0.334. The van der Waals surface area contributed by atoms with Gasteiger partial charge in [0.1, 0.15) is 5.75 Å². The minimum absolute atomic E-state index is 0.0208. The van der Waals surface area contributed by atoms with Crippen molar-refractivity contribution in [3.8, 4) is 5.75 Å². The van der Waals surface area contributed by atoms with E-state index >= 15 is 0 Å². The lowest BCUT2D eigenvalue weighted by atomic mass is 10.1. The second-order valence-corrected chi connectivity index (χ2v) is 8.28. The molecule has 158 valence electrons. The molecule has 2 aliphatic rings. The van der Waals surface area contributed by atoms with Gasteiger partial charge in [-0.3, -0.25) is 9.59 Å². The molecule has 1 atom stereocenters. The molecule has 0 aromatic heterocycles. The third-order valence-corrected chi connectivity index (χ3v) is 6.18. The number of likely N-dealkylation sites (tertiary alicyclic amines) is 1. The van der Waals surface area contributed by atoms with Gasteiger partial charge in [-0.15, -0.1) is 0 Å². The van der Waals surface area contributed by atoms with E-state index in [1.807, 2.05) is 34.1 Å². The Labute approximate surface area is 185 Å². The normalized spacial score (nSPS) is 18.4. The summed E-state index contributed by atoms with van der Waals surface area (Å²) in [7, 11) is 0. The minimum Gasteiger partial charge on any atom is -0.477 e. The molecule has 0 unspecified atom stereocenters. The smallest absolute Gasteiger partial charge is 0.265 e. The monoisotopic (exact) mass is 447 g/mol. The highest BCUT2D eigenvalue weighted by Gasteiger charge is 2.34. The average Bonchev–Trinajstić information content (AvgIpc) is 2.77. The molecular formula is C22H23Cl2N3O3. The number of anilines is 2. The summed E-state index contributed by atoms with van der Waals surface area (Å²) in [5, 5.41) is 3.48. The number of hydrogen-bond donors (Lipinski definition) is 1. The molecule has 0 aliphatic carbocycles. The van der Waals surface area contributed by atoms with E-state index in [9.17, 15) is 9.59 Å². The zero-order valence-corrected chi connectivity index (χ0v) is 18.0. The van der Waals surface area contributed by atoms with E-state index in [-0.39, 0.29) is 18.4 Å². The molecule has 30 heavy (non-hydrogen) atoms. The van der Waals surface area contributed by atoms with Crippen LogP contribution >= 0.6 is 23.2 Å². The largest absolute Gasteiger partial charge is 0.477 e. The molecule has 1 N–H and O–H groups in total. The summed E-state index contributed by atoms with van der Waals surface area (Å²) in [4.78, 5) is 29.5. The summed E-state index contributed by atoms with van der Waals surface area (Å²) >= 11 is 12.2. The molecule has 8 heteroatoms. The lowest BCUT2D eigenvalue weighted by molar-refractivity contribution is -0.139. The third-order valence-electron chi connectivity index (χ3n) is 5.36. The van der Waals surface area contributed by atoms with Crippen LogP contribution in [-0.2, 0) is 9.59 Å². The molecule has 1 fully saturated rings. The Hall–Kier alpha value is -2.44. The van der Waals surface area contributed by atoms with Crippen LogP contribution in [0.4, 0.5) is 11.4 Å². The van der Waals surface area contributed by atoms with Crippen LogP contribution in [0.15, 0.2) is 42.5 Å². The van der Waals surface area contributed by atoms with Gasteiger partial charge in [0.2, 0.25) is 5.91 Å². The Kier molecular flexibility index (Phi) is 6.35. The van der Waals surface area contributed by atoms with E-state index in [1.54, 1.807) is 18.2 Å². The van der Waals surface area contributed by atoms with E-state index < -0.39 is 6.10 Å². The van der Waals surface area contributed by atoms with Gasteiger partial charge in [-0.2, -0.15) is 0 Å². The van der Waals surface area contributed by atoms with Crippen LogP contribution in [0.5, 0.6) is 5.75 Å². The summed E-state index contributed by atoms with van der Waals surface area (Å²) in [5.41, 5.74) is 1.24. The van der Waals surface area contributed by atoms with Gasteiger partial charge in [-0.25, -0.2) is 0 Å². The lowest BCUT2D eigenvalue weighted by Crippen LogP contribution is -2.52. The number of nitrogens with one attached hydrogen (secondary N) is 1. The predicted molar refractivity (Wildman–Crippen MR) is 119 cm³/mol. The van der Waals surface area contributed by atoms with Crippen LogP contribution < -0.4 is 15.0 Å². The number of hydrogen-bond acceptors (Lipinski definition) is 4. The highest BCUT2D eigenvalue weighted by Crippen LogP contribution is 2.34. The van der Waals surface area contributed by atoms with Crippen molar-refractivity contribution >= 4 is 46.4 Å². The van der Waals surface area contributed by atoms with Crippen molar-refractivity contribution in [1.82, 2.24) is 4.90 Å². The Bertz CT molecular complexity index is 947. The first kappa shape index (κ1) is 20.8. The quantitative estimate of drug-likeness (QED) is 0.762. The van der Waals surface area contributed by atoms with Crippen molar-refractivity contribution in [3.63, 3.8) is 0 Å². The summed E-state index contributed by atoms with van der Waals surface area (Å²) in [6.07, 6.45) is 2.54. The third kappa shape index (κ3) is 4.50. The van der Waals surface area contributed by atoms with Gasteiger partial charge in [-0.1, -0.05) is 41.4 Å². The fourth-order valence-electron chi connectivity index (χ4n) is 3.87. The Morgan fingerprint density at radius 2 is 1.80 bits per heavy atom. The molecule has 0 bridgehead atoms. The predicted octanol–water partition coefficient (Wildman–Crippen LogP) is 4.21. The Morgan fingerprint density at radius 1 is 1.03 bits per heavy atom. The van der Waals surface area contributed by atoms with Gasteiger partial charge >= 0.3 is 0 Å². The van der Waals surface area contributed by atoms with Crippen LogP contribution in [0, 0.1) is 0 Å². The van der Waals surface area contributed by atoms with Crippen molar-refractivity contribution in [2.24, 2.45) is 0 Å². The van der Waals surface area contributed by atoms with Crippen LogP contribution in [0.25, 0.3) is 0 Å². The Morgan fingerprint density at radius 3 is 2.60 bits per heavy atom. The van der Waals surface area contributed by atoms with Crippen LogP contribution in [0.1, 0.15) is 19.3 Å².